The third-order valence-corrected chi connectivity index (χ3v) is 3.40. The van der Waals surface area contributed by atoms with E-state index in [-0.39, 0.29) is 11.1 Å². The molecule has 0 unspecified atom stereocenters. The van der Waals surface area contributed by atoms with Gasteiger partial charge >= 0.3 is 0 Å². The second kappa shape index (κ2) is 6.84. The molecule has 0 aliphatic heterocycles. The van der Waals surface area contributed by atoms with E-state index in [1.54, 1.807) is 37.0 Å². The molecule has 1 aromatic heterocycles. The van der Waals surface area contributed by atoms with E-state index >= 15 is 0 Å². The van der Waals surface area contributed by atoms with Gasteiger partial charge in [-0.3, -0.25) is 4.79 Å². The van der Waals surface area contributed by atoms with Crippen molar-refractivity contribution in [3.63, 3.8) is 0 Å². The normalized spacial score (nSPS) is 10.0. The van der Waals surface area contributed by atoms with Gasteiger partial charge in [-0.1, -0.05) is 12.2 Å². The summed E-state index contributed by atoms with van der Waals surface area (Å²) in [7, 11) is 3.12. The summed E-state index contributed by atoms with van der Waals surface area (Å²) < 4.78 is 12.1. The number of nitriles is 1. The average Bonchev–Trinajstić information content (AvgIpc) is 2.55. The fourth-order valence-electron chi connectivity index (χ4n) is 2.34. The monoisotopic (exact) mass is 310 g/mol. The Morgan fingerprint density at radius 3 is 2.48 bits per heavy atom. The zero-order valence-electron chi connectivity index (χ0n) is 13.4. The van der Waals surface area contributed by atoms with Crippen LogP contribution in [0.5, 0.6) is 11.5 Å². The Kier molecular flexibility index (Phi) is 4.87. The number of hydrogen-bond acceptors (Lipinski definition) is 4. The van der Waals surface area contributed by atoms with Crippen molar-refractivity contribution in [2.75, 3.05) is 14.2 Å². The van der Waals surface area contributed by atoms with Crippen molar-refractivity contribution in [1.29, 1.82) is 5.26 Å². The molecular formula is C18H18N2O3. The first-order chi connectivity index (χ1) is 11.0. The van der Waals surface area contributed by atoms with Gasteiger partial charge in [-0.15, -0.1) is 0 Å². The van der Waals surface area contributed by atoms with Gasteiger partial charge < -0.3 is 14.0 Å². The van der Waals surface area contributed by atoms with Crippen LogP contribution in [0, 0.1) is 11.3 Å². The maximum absolute atomic E-state index is 12.5. The zero-order valence-corrected chi connectivity index (χ0v) is 13.4. The van der Waals surface area contributed by atoms with E-state index < -0.39 is 0 Å². The van der Waals surface area contributed by atoms with Gasteiger partial charge in [0.05, 0.1) is 19.9 Å². The summed E-state index contributed by atoms with van der Waals surface area (Å²) in [6.07, 6.45) is 0. The Hall–Kier alpha value is -3.00. The van der Waals surface area contributed by atoms with Gasteiger partial charge in [-0.25, -0.2) is 0 Å². The molecule has 0 spiro atoms. The van der Waals surface area contributed by atoms with Crippen molar-refractivity contribution in [3.8, 4) is 28.8 Å². The highest BCUT2D eigenvalue weighted by atomic mass is 16.5. The van der Waals surface area contributed by atoms with Gasteiger partial charge in [0.2, 0.25) is 0 Å². The van der Waals surface area contributed by atoms with Gasteiger partial charge in [0.25, 0.3) is 5.56 Å². The minimum Gasteiger partial charge on any atom is -0.493 e. The smallest absolute Gasteiger partial charge is 0.269 e. The molecule has 1 aromatic carbocycles. The molecule has 5 nitrogen and oxygen atoms in total. The van der Waals surface area contributed by atoms with Crippen molar-refractivity contribution in [2.45, 2.75) is 13.5 Å². The van der Waals surface area contributed by atoms with Crippen molar-refractivity contribution >= 4 is 0 Å². The van der Waals surface area contributed by atoms with Crippen LogP contribution in [-0.2, 0) is 6.54 Å². The Morgan fingerprint density at radius 2 is 1.91 bits per heavy atom. The Bertz CT molecular complexity index is 844. The molecule has 5 heteroatoms. The molecule has 2 rings (SSSR count). The van der Waals surface area contributed by atoms with Gasteiger partial charge in [-0.2, -0.15) is 5.26 Å². The lowest BCUT2D eigenvalue weighted by atomic mass is 10.1. The molecule has 0 aliphatic carbocycles. The van der Waals surface area contributed by atoms with E-state index in [2.05, 4.69) is 6.58 Å². The molecule has 0 bridgehead atoms. The van der Waals surface area contributed by atoms with Crippen molar-refractivity contribution < 1.29 is 9.47 Å². The predicted octanol–water partition coefficient (Wildman–Crippen LogP) is 2.98. The quantitative estimate of drug-likeness (QED) is 0.796. The lowest BCUT2D eigenvalue weighted by molar-refractivity contribution is 0.355. The van der Waals surface area contributed by atoms with Crippen LogP contribution in [0.1, 0.15) is 12.5 Å². The number of ether oxygens (including phenoxy) is 2. The molecule has 0 N–H and O–H groups in total. The fourth-order valence-corrected chi connectivity index (χ4v) is 2.34. The number of hydrogen-bond donors (Lipinski definition) is 0. The highest BCUT2D eigenvalue weighted by molar-refractivity contribution is 5.65. The largest absolute Gasteiger partial charge is 0.493 e. The Balaban J connectivity index is 2.68. The van der Waals surface area contributed by atoms with Gasteiger partial charge in [0.1, 0.15) is 11.6 Å². The summed E-state index contributed by atoms with van der Waals surface area (Å²) >= 11 is 0. The summed E-state index contributed by atoms with van der Waals surface area (Å²) in [5.41, 5.74) is 2.09. The number of allylic oxidation sites excluding steroid dienone is 1. The molecule has 23 heavy (non-hydrogen) atoms. The van der Waals surface area contributed by atoms with E-state index in [1.165, 1.54) is 6.07 Å². The number of methoxy groups -OCH3 is 2. The van der Waals surface area contributed by atoms with Crippen LogP contribution in [-0.4, -0.2) is 18.8 Å². The third-order valence-electron chi connectivity index (χ3n) is 3.40. The first-order valence-electron chi connectivity index (χ1n) is 7.02. The highest BCUT2D eigenvalue weighted by Gasteiger charge is 2.13. The first kappa shape index (κ1) is 16.4. The molecule has 0 amide bonds. The van der Waals surface area contributed by atoms with E-state index in [4.69, 9.17) is 14.7 Å². The lowest BCUT2D eigenvalue weighted by Crippen LogP contribution is -2.24. The Morgan fingerprint density at radius 1 is 1.22 bits per heavy atom. The molecule has 0 saturated carbocycles. The molecule has 118 valence electrons. The van der Waals surface area contributed by atoms with Crippen LogP contribution >= 0.6 is 0 Å². The van der Waals surface area contributed by atoms with Crippen LogP contribution in [0.4, 0.5) is 0 Å². The maximum atomic E-state index is 12.5. The topological polar surface area (TPSA) is 64.2 Å². The van der Waals surface area contributed by atoms with Crippen LogP contribution < -0.4 is 15.0 Å². The van der Waals surface area contributed by atoms with Gasteiger partial charge in [-0.05, 0) is 37.3 Å². The third kappa shape index (κ3) is 3.27. The molecule has 0 aliphatic rings. The van der Waals surface area contributed by atoms with E-state index in [0.717, 1.165) is 11.1 Å². The minimum absolute atomic E-state index is 0.107. The second-order valence-corrected chi connectivity index (χ2v) is 5.16. The molecule has 0 saturated heterocycles. The van der Waals surface area contributed by atoms with Crippen molar-refractivity contribution in [1.82, 2.24) is 4.57 Å². The number of nitrogens with zero attached hydrogens (tertiary/aromatic N) is 2. The zero-order chi connectivity index (χ0) is 17.0. The molecular weight excluding hydrogens is 292 g/mol. The van der Waals surface area contributed by atoms with Crippen molar-refractivity contribution in [2.24, 2.45) is 0 Å². The second-order valence-electron chi connectivity index (χ2n) is 5.16. The first-order valence-corrected chi connectivity index (χ1v) is 7.02. The average molecular weight is 310 g/mol. The minimum atomic E-state index is -0.331. The summed E-state index contributed by atoms with van der Waals surface area (Å²) in [5.74, 6) is 1.18. The molecule has 0 atom stereocenters. The number of rotatable bonds is 5. The molecule has 2 aromatic rings. The van der Waals surface area contributed by atoms with E-state index in [1.807, 2.05) is 19.1 Å². The molecule has 1 heterocycles. The maximum Gasteiger partial charge on any atom is 0.269 e. The summed E-state index contributed by atoms with van der Waals surface area (Å²) in [6.45, 7) is 6.04. The number of pyridine rings is 1. The van der Waals surface area contributed by atoms with E-state index in [0.29, 0.717) is 23.7 Å². The predicted molar refractivity (Wildman–Crippen MR) is 88.8 cm³/mol. The van der Waals surface area contributed by atoms with Crippen LogP contribution in [0.3, 0.4) is 0 Å². The Labute approximate surface area is 135 Å². The highest BCUT2D eigenvalue weighted by Crippen LogP contribution is 2.32. The van der Waals surface area contributed by atoms with E-state index in [9.17, 15) is 4.79 Å². The fraction of sp³-hybridized carbons (Fsp3) is 0.222. The van der Waals surface area contributed by atoms with Crippen LogP contribution in [0.25, 0.3) is 11.3 Å². The van der Waals surface area contributed by atoms with Crippen LogP contribution in [0.2, 0.25) is 0 Å². The van der Waals surface area contributed by atoms with Gasteiger partial charge in [0.15, 0.2) is 11.5 Å². The lowest BCUT2D eigenvalue weighted by Gasteiger charge is -2.15. The number of aromatic nitrogens is 1. The summed E-state index contributed by atoms with van der Waals surface area (Å²) in [5, 5.41) is 9.07. The van der Waals surface area contributed by atoms with Crippen molar-refractivity contribution in [3.05, 3.63) is 58.4 Å². The SMILES string of the molecule is C=C(C)Cn1c(-c2ccc(OC)c(OC)c2)ccc(C#N)c1=O. The van der Waals surface area contributed by atoms with Crippen LogP contribution in [0.15, 0.2) is 47.3 Å². The standard InChI is InChI=1S/C18H18N2O3/c1-12(2)11-20-15(7-5-14(10-19)18(20)21)13-6-8-16(22-3)17(9-13)23-4/h5-9H,1,11H2,2-4H3. The molecule has 0 fully saturated rings. The summed E-state index contributed by atoms with van der Waals surface area (Å²) in [6, 6.07) is 10.6. The molecule has 0 radical (unpaired) electrons. The number of benzene rings is 1. The van der Waals surface area contributed by atoms with Gasteiger partial charge in [0, 0.05) is 12.1 Å². The summed E-state index contributed by atoms with van der Waals surface area (Å²) in [4.78, 5) is 12.5.